The van der Waals surface area contributed by atoms with Crippen molar-refractivity contribution in [2.45, 2.75) is 6.54 Å². The lowest BCUT2D eigenvalue weighted by Crippen LogP contribution is -2.40. The van der Waals surface area contributed by atoms with Crippen LogP contribution in [0.3, 0.4) is 0 Å². The van der Waals surface area contributed by atoms with Crippen LogP contribution in [0.15, 0.2) is 18.2 Å². The van der Waals surface area contributed by atoms with E-state index >= 15 is 0 Å². The first-order valence-corrected chi connectivity index (χ1v) is 7.33. The summed E-state index contributed by atoms with van der Waals surface area (Å²) in [6.07, 6.45) is 0. The topological polar surface area (TPSA) is 15.7 Å². The van der Waals surface area contributed by atoms with E-state index in [-0.39, 0.29) is 0 Å². The van der Waals surface area contributed by atoms with Crippen LogP contribution in [0, 0.1) is 0 Å². The van der Waals surface area contributed by atoms with Crippen LogP contribution in [0.5, 0.6) is 0 Å². The molecule has 1 aliphatic rings. The molecule has 19 heavy (non-hydrogen) atoms. The molecule has 1 aliphatic heterocycles. The summed E-state index contributed by atoms with van der Waals surface area (Å²) in [6.45, 7) is 6.73. The highest BCUT2D eigenvalue weighted by molar-refractivity contribution is 6.35. The first-order chi connectivity index (χ1) is 9.15. The van der Waals surface area contributed by atoms with Gasteiger partial charge in [-0.2, -0.15) is 0 Å². The Balaban J connectivity index is 1.78. The van der Waals surface area contributed by atoms with Gasteiger partial charge in [-0.25, -0.2) is 0 Å². The molecule has 0 atom stereocenters. The van der Waals surface area contributed by atoms with E-state index in [1.54, 1.807) is 6.07 Å². The molecule has 3 nitrogen and oxygen atoms in total. The summed E-state index contributed by atoms with van der Waals surface area (Å²) in [5.41, 5.74) is 1.12. The molecule has 0 radical (unpaired) electrons. The molecule has 0 saturated carbocycles. The number of benzene rings is 1. The fourth-order valence-electron chi connectivity index (χ4n) is 2.16. The number of rotatable bonds is 5. The van der Waals surface area contributed by atoms with E-state index in [9.17, 15) is 0 Å². The van der Waals surface area contributed by atoms with Gasteiger partial charge in [-0.3, -0.25) is 4.90 Å². The first-order valence-electron chi connectivity index (χ1n) is 6.58. The van der Waals surface area contributed by atoms with Gasteiger partial charge in [-0.1, -0.05) is 29.3 Å². The summed E-state index contributed by atoms with van der Waals surface area (Å²) in [7, 11) is 2.12. The smallest absolute Gasteiger partial charge is 0.0594 e. The Hall–Kier alpha value is -0.320. The van der Waals surface area contributed by atoms with Gasteiger partial charge >= 0.3 is 0 Å². The fourth-order valence-corrected chi connectivity index (χ4v) is 2.62. The van der Waals surface area contributed by atoms with Crippen LogP contribution in [0.1, 0.15) is 5.56 Å². The molecule has 1 heterocycles. The lowest BCUT2D eigenvalue weighted by atomic mass is 10.2. The Bertz CT molecular complexity index is 408. The molecule has 106 valence electrons. The van der Waals surface area contributed by atoms with Crippen molar-refractivity contribution in [3.05, 3.63) is 33.8 Å². The highest BCUT2D eigenvalue weighted by atomic mass is 35.5. The summed E-state index contributed by atoms with van der Waals surface area (Å²) < 4.78 is 5.34. The third kappa shape index (κ3) is 4.93. The monoisotopic (exact) mass is 302 g/mol. The van der Waals surface area contributed by atoms with E-state index in [1.807, 2.05) is 12.1 Å². The van der Waals surface area contributed by atoms with Crippen molar-refractivity contribution >= 4 is 23.2 Å². The SMILES string of the molecule is CN(CCN1CCOCC1)Cc1ccc(Cl)cc1Cl. The molecule has 0 aliphatic carbocycles. The van der Waals surface area contributed by atoms with E-state index in [2.05, 4.69) is 16.8 Å². The van der Waals surface area contributed by atoms with Gasteiger partial charge in [-0.05, 0) is 24.7 Å². The second-order valence-electron chi connectivity index (χ2n) is 4.93. The Morgan fingerprint density at radius 1 is 1.26 bits per heavy atom. The van der Waals surface area contributed by atoms with Crippen LogP contribution in [0.2, 0.25) is 10.0 Å². The average Bonchev–Trinajstić information content (AvgIpc) is 2.41. The maximum Gasteiger partial charge on any atom is 0.0594 e. The summed E-state index contributed by atoms with van der Waals surface area (Å²) in [5.74, 6) is 0. The minimum absolute atomic E-state index is 0.685. The van der Waals surface area contributed by atoms with Gasteiger partial charge in [0.2, 0.25) is 0 Å². The zero-order chi connectivity index (χ0) is 13.7. The average molecular weight is 303 g/mol. The van der Waals surface area contributed by atoms with E-state index in [4.69, 9.17) is 27.9 Å². The Morgan fingerprint density at radius 2 is 2.00 bits per heavy atom. The number of nitrogens with zero attached hydrogens (tertiary/aromatic N) is 2. The van der Waals surface area contributed by atoms with Crippen LogP contribution in [0.25, 0.3) is 0 Å². The first kappa shape index (κ1) is 15.1. The van der Waals surface area contributed by atoms with Crippen LogP contribution in [0.4, 0.5) is 0 Å². The zero-order valence-electron chi connectivity index (χ0n) is 11.2. The van der Waals surface area contributed by atoms with Crippen LogP contribution in [-0.2, 0) is 11.3 Å². The maximum absolute atomic E-state index is 6.18. The molecule has 2 rings (SSSR count). The number of morpholine rings is 1. The second-order valence-corrected chi connectivity index (χ2v) is 5.77. The van der Waals surface area contributed by atoms with Gasteiger partial charge in [0.15, 0.2) is 0 Å². The molecular weight excluding hydrogens is 283 g/mol. The minimum atomic E-state index is 0.685. The molecule has 1 aromatic carbocycles. The molecule has 1 fully saturated rings. The predicted molar refractivity (Wildman–Crippen MR) is 80.1 cm³/mol. The molecular formula is C14H20Cl2N2O. The van der Waals surface area contributed by atoms with Gasteiger partial charge in [0.1, 0.15) is 0 Å². The maximum atomic E-state index is 6.18. The summed E-state index contributed by atoms with van der Waals surface area (Å²) >= 11 is 12.1. The minimum Gasteiger partial charge on any atom is -0.379 e. The number of ether oxygens (including phenoxy) is 1. The van der Waals surface area contributed by atoms with Gasteiger partial charge in [-0.15, -0.1) is 0 Å². The standard InChI is InChI=1S/C14H20Cl2N2O/c1-17(4-5-18-6-8-19-9-7-18)11-12-2-3-13(15)10-14(12)16/h2-3,10H,4-9,11H2,1H3. The lowest BCUT2D eigenvalue weighted by molar-refractivity contribution is 0.0342. The molecule has 0 amide bonds. The van der Waals surface area contributed by atoms with Crippen molar-refractivity contribution < 1.29 is 4.74 Å². The Kier molecular flexibility index (Phi) is 5.92. The number of hydrogen-bond acceptors (Lipinski definition) is 3. The molecule has 1 aromatic rings. The molecule has 0 bridgehead atoms. The second kappa shape index (κ2) is 7.46. The zero-order valence-corrected chi connectivity index (χ0v) is 12.8. The summed E-state index contributed by atoms with van der Waals surface area (Å²) in [5, 5.41) is 1.43. The molecule has 1 saturated heterocycles. The normalized spacial score (nSPS) is 17.1. The Labute approximate surface area is 125 Å². The Morgan fingerprint density at radius 3 is 2.68 bits per heavy atom. The van der Waals surface area contributed by atoms with Gasteiger partial charge in [0.25, 0.3) is 0 Å². The quantitative estimate of drug-likeness (QED) is 0.832. The van der Waals surface area contributed by atoms with Gasteiger partial charge < -0.3 is 9.64 Å². The van der Waals surface area contributed by atoms with Crippen molar-refractivity contribution in [2.24, 2.45) is 0 Å². The summed E-state index contributed by atoms with van der Waals surface area (Å²) in [4.78, 5) is 4.72. The fraction of sp³-hybridized carbons (Fsp3) is 0.571. The lowest BCUT2D eigenvalue weighted by Gasteiger charge is -2.28. The van der Waals surface area contributed by atoms with Crippen molar-refractivity contribution in [1.29, 1.82) is 0 Å². The number of halogens is 2. The van der Waals surface area contributed by atoms with Crippen LogP contribution >= 0.6 is 23.2 Å². The predicted octanol–water partition coefficient (Wildman–Crippen LogP) is 2.76. The molecule has 0 unspecified atom stereocenters. The van der Waals surface area contributed by atoms with Crippen molar-refractivity contribution in [2.75, 3.05) is 46.4 Å². The van der Waals surface area contributed by atoms with Crippen molar-refractivity contribution in [3.63, 3.8) is 0 Å². The summed E-state index contributed by atoms with van der Waals surface area (Å²) in [6, 6.07) is 5.68. The molecule has 0 spiro atoms. The highest BCUT2D eigenvalue weighted by Gasteiger charge is 2.11. The number of hydrogen-bond donors (Lipinski definition) is 0. The molecule has 0 N–H and O–H groups in total. The van der Waals surface area contributed by atoms with E-state index in [1.165, 1.54) is 0 Å². The molecule has 0 aromatic heterocycles. The van der Waals surface area contributed by atoms with Crippen LogP contribution < -0.4 is 0 Å². The molecule has 5 heteroatoms. The number of likely N-dealkylation sites (N-methyl/N-ethyl adjacent to an activating group) is 1. The van der Waals surface area contributed by atoms with E-state index in [0.717, 1.165) is 56.5 Å². The van der Waals surface area contributed by atoms with E-state index < -0.39 is 0 Å². The third-order valence-corrected chi connectivity index (χ3v) is 3.94. The van der Waals surface area contributed by atoms with Crippen LogP contribution in [-0.4, -0.2) is 56.2 Å². The van der Waals surface area contributed by atoms with Gasteiger partial charge in [0, 0.05) is 42.8 Å². The van der Waals surface area contributed by atoms with Crippen molar-refractivity contribution in [3.8, 4) is 0 Å². The van der Waals surface area contributed by atoms with Gasteiger partial charge in [0.05, 0.1) is 13.2 Å². The van der Waals surface area contributed by atoms with E-state index in [0.29, 0.717) is 5.02 Å². The third-order valence-electron chi connectivity index (χ3n) is 3.36. The highest BCUT2D eigenvalue weighted by Crippen LogP contribution is 2.21. The largest absolute Gasteiger partial charge is 0.379 e. The van der Waals surface area contributed by atoms with Crippen molar-refractivity contribution in [1.82, 2.24) is 9.80 Å².